The maximum atomic E-state index is 12.0. The number of amides is 2. The van der Waals surface area contributed by atoms with E-state index in [-0.39, 0.29) is 11.8 Å². The maximum Gasteiger partial charge on any atom is 0.242 e. The van der Waals surface area contributed by atoms with E-state index in [0.29, 0.717) is 42.5 Å². The van der Waals surface area contributed by atoms with Gasteiger partial charge in [0.05, 0.1) is 0 Å². The Hall–Kier alpha value is -2.41. The van der Waals surface area contributed by atoms with Crippen molar-refractivity contribution in [3.63, 3.8) is 0 Å². The lowest BCUT2D eigenvalue weighted by molar-refractivity contribution is -0.130. The molecule has 24 heavy (non-hydrogen) atoms. The number of aromatic nitrogens is 3. The van der Waals surface area contributed by atoms with E-state index >= 15 is 0 Å². The summed E-state index contributed by atoms with van der Waals surface area (Å²) >= 11 is 5.86. The van der Waals surface area contributed by atoms with Crippen molar-refractivity contribution in [2.75, 3.05) is 6.54 Å². The van der Waals surface area contributed by atoms with Crippen molar-refractivity contribution in [2.24, 2.45) is 0 Å². The van der Waals surface area contributed by atoms with Crippen LogP contribution >= 0.6 is 11.6 Å². The van der Waals surface area contributed by atoms with Crippen molar-refractivity contribution in [1.82, 2.24) is 25.8 Å². The summed E-state index contributed by atoms with van der Waals surface area (Å²) < 4.78 is 0. The molecule has 3 rings (SSSR count). The zero-order valence-electron chi connectivity index (χ0n) is 13.0. The van der Waals surface area contributed by atoms with Gasteiger partial charge in [-0.25, -0.2) is 4.98 Å². The molecule has 1 aromatic heterocycles. The first-order valence-corrected chi connectivity index (χ1v) is 8.24. The highest BCUT2D eigenvalue weighted by molar-refractivity contribution is 6.30. The minimum Gasteiger partial charge on any atom is -0.354 e. The topological polar surface area (TPSA) is 99.8 Å². The maximum absolute atomic E-state index is 12.0. The number of H-pyrrole nitrogens is 1. The molecule has 1 aromatic carbocycles. The van der Waals surface area contributed by atoms with Crippen LogP contribution in [0.5, 0.6) is 0 Å². The molecule has 2 heterocycles. The van der Waals surface area contributed by atoms with Crippen LogP contribution in [0.1, 0.15) is 25.1 Å². The van der Waals surface area contributed by atoms with Crippen molar-refractivity contribution in [1.29, 1.82) is 0 Å². The summed E-state index contributed by atoms with van der Waals surface area (Å²) in [5.41, 5.74) is 0.871. The Balaban J connectivity index is 1.49. The van der Waals surface area contributed by atoms with Crippen molar-refractivity contribution in [3.8, 4) is 11.4 Å². The molecule has 2 amide bonds. The fourth-order valence-corrected chi connectivity index (χ4v) is 2.69. The van der Waals surface area contributed by atoms with Crippen LogP contribution in [0.4, 0.5) is 0 Å². The molecule has 3 N–H and O–H groups in total. The van der Waals surface area contributed by atoms with Gasteiger partial charge in [0.25, 0.3) is 0 Å². The summed E-state index contributed by atoms with van der Waals surface area (Å²) in [6.07, 6.45) is 2.46. The Morgan fingerprint density at radius 3 is 2.88 bits per heavy atom. The number of hydrogen-bond acceptors (Lipinski definition) is 4. The average molecular weight is 348 g/mol. The Kier molecular flexibility index (Phi) is 5.10. The van der Waals surface area contributed by atoms with Gasteiger partial charge in [-0.15, -0.1) is 0 Å². The molecule has 1 aliphatic rings. The molecule has 0 bridgehead atoms. The molecule has 1 aliphatic heterocycles. The van der Waals surface area contributed by atoms with Gasteiger partial charge in [0.2, 0.25) is 11.8 Å². The highest BCUT2D eigenvalue weighted by Gasteiger charge is 2.24. The third-order valence-electron chi connectivity index (χ3n) is 3.84. The lowest BCUT2D eigenvalue weighted by Gasteiger charge is -2.22. The van der Waals surface area contributed by atoms with E-state index in [1.807, 2.05) is 12.1 Å². The Labute approximate surface area is 144 Å². The first-order chi connectivity index (χ1) is 11.6. The smallest absolute Gasteiger partial charge is 0.242 e. The summed E-state index contributed by atoms with van der Waals surface area (Å²) in [7, 11) is 0. The van der Waals surface area contributed by atoms with Crippen LogP contribution in [0.25, 0.3) is 11.4 Å². The van der Waals surface area contributed by atoms with Gasteiger partial charge in [0.1, 0.15) is 11.9 Å². The molecule has 0 saturated carbocycles. The second kappa shape index (κ2) is 7.44. The lowest BCUT2D eigenvalue weighted by Crippen LogP contribution is -2.49. The van der Waals surface area contributed by atoms with E-state index in [9.17, 15) is 9.59 Å². The van der Waals surface area contributed by atoms with Crippen molar-refractivity contribution in [3.05, 3.63) is 35.1 Å². The molecule has 7 nitrogen and oxygen atoms in total. The standard InChI is InChI=1S/C16H18ClN5O2/c17-11-6-4-10(5-7-11)15-20-13(21-22-15)8-9-18-16(24)12-2-1-3-14(23)19-12/h4-7,12H,1-3,8-9H2,(H,18,24)(H,19,23)(H,20,21,22)/t12-/m0/s1. The average Bonchev–Trinajstić information content (AvgIpc) is 3.04. The minimum absolute atomic E-state index is 0.0655. The van der Waals surface area contributed by atoms with E-state index in [2.05, 4.69) is 25.8 Å². The zero-order chi connectivity index (χ0) is 16.9. The van der Waals surface area contributed by atoms with Crippen LogP contribution in [0, 0.1) is 0 Å². The quantitative estimate of drug-likeness (QED) is 0.762. The number of halogens is 1. The van der Waals surface area contributed by atoms with Crippen LogP contribution in [-0.2, 0) is 16.0 Å². The molecule has 1 atom stereocenters. The van der Waals surface area contributed by atoms with Crippen molar-refractivity contribution >= 4 is 23.4 Å². The SMILES string of the molecule is O=C1CCC[C@@H](C(=O)NCCc2nc(-c3ccc(Cl)cc3)n[nH]2)N1. The van der Waals surface area contributed by atoms with Gasteiger partial charge in [0, 0.05) is 30.0 Å². The number of hydrogen-bond donors (Lipinski definition) is 3. The van der Waals surface area contributed by atoms with Crippen LogP contribution in [0.3, 0.4) is 0 Å². The first kappa shape index (κ1) is 16.4. The summed E-state index contributed by atoms with van der Waals surface area (Å²) in [5, 5.41) is 13.2. The summed E-state index contributed by atoms with van der Waals surface area (Å²) in [5.74, 6) is 1.06. The van der Waals surface area contributed by atoms with Crippen LogP contribution in [0.2, 0.25) is 5.02 Å². The first-order valence-electron chi connectivity index (χ1n) is 7.86. The van der Waals surface area contributed by atoms with E-state index < -0.39 is 6.04 Å². The van der Waals surface area contributed by atoms with Crippen LogP contribution in [-0.4, -0.2) is 39.6 Å². The van der Waals surface area contributed by atoms with Gasteiger partial charge in [-0.1, -0.05) is 11.6 Å². The molecule has 126 valence electrons. The Bertz CT molecular complexity index is 728. The molecule has 1 fully saturated rings. The van der Waals surface area contributed by atoms with Gasteiger partial charge in [0.15, 0.2) is 5.82 Å². The van der Waals surface area contributed by atoms with Gasteiger partial charge in [-0.3, -0.25) is 14.7 Å². The number of piperidine rings is 1. The second-order valence-corrected chi connectivity index (χ2v) is 6.10. The van der Waals surface area contributed by atoms with Crippen LogP contribution < -0.4 is 10.6 Å². The number of nitrogens with zero attached hydrogens (tertiary/aromatic N) is 2. The van der Waals surface area contributed by atoms with Crippen molar-refractivity contribution in [2.45, 2.75) is 31.7 Å². The van der Waals surface area contributed by atoms with E-state index in [0.717, 1.165) is 12.0 Å². The molecule has 0 aliphatic carbocycles. The van der Waals surface area contributed by atoms with Crippen LogP contribution in [0.15, 0.2) is 24.3 Å². The summed E-state index contributed by atoms with van der Waals surface area (Å²) in [6.45, 7) is 0.431. The number of carbonyl (C=O) groups is 2. The largest absolute Gasteiger partial charge is 0.354 e. The predicted octanol–water partition coefficient (Wildman–Crippen LogP) is 1.45. The number of aromatic amines is 1. The highest BCUT2D eigenvalue weighted by Crippen LogP contribution is 2.17. The van der Waals surface area contributed by atoms with Gasteiger partial charge in [-0.2, -0.15) is 5.10 Å². The number of nitrogens with one attached hydrogen (secondary N) is 3. The minimum atomic E-state index is -0.425. The molecule has 8 heteroatoms. The van der Waals surface area contributed by atoms with E-state index in [1.54, 1.807) is 12.1 Å². The van der Waals surface area contributed by atoms with Crippen molar-refractivity contribution < 1.29 is 9.59 Å². The van der Waals surface area contributed by atoms with Gasteiger partial charge < -0.3 is 10.6 Å². The number of carbonyl (C=O) groups excluding carboxylic acids is 2. The lowest BCUT2D eigenvalue weighted by atomic mass is 10.0. The monoisotopic (exact) mass is 347 g/mol. The van der Waals surface area contributed by atoms with E-state index in [4.69, 9.17) is 11.6 Å². The van der Waals surface area contributed by atoms with Gasteiger partial charge >= 0.3 is 0 Å². The highest BCUT2D eigenvalue weighted by atomic mass is 35.5. The molecule has 1 saturated heterocycles. The second-order valence-electron chi connectivity index (χ2n) is 5.67. The molecule has 2 aromatic rings. The molecule has 0 spiro atoms. The third-order valence-corrected chi connectivity index (χ3v) is 4.10. The summed E-state index contributed by atoms with van der Waals surface area (Å²) in [6, 6.07) is 6.84. The van der Waals surface area contributed by atoms with E-state index in [1.165, 1.54) is 0 Å². The van der Waals surface area contributed by atoms with Gasteiger partial charge in [-0.05, 0) is 37.1 Å². The number of rotatable bonds is 5. The number of benzene rings is 1. The molecular weight excluding hydrogens is 330 g/mol. The fraction of sp³-hybridized carbons (Fsp3) is 0.375. The Morgan fingerprint density at radius 1 is 1.33 bits per heavy atom. The predicted molar refractivity (Wildman–Crippen MR) is 89.3 cm³/mol. The fourth-order valence-electron chi connectivity index (χ4n) is 2.56. The third kappa shape index (κ3) is 4.11. The molecule has 0 unspecified atom stereocenters. The molecule has 0 radical (unpaired) electrons. The molecular formula is C16H18ClN5O2. The Morgan fingerprint density at radius 2 is 2.12 bits per heavy atom. The normalized spacial score (nSPS) is 17.4. The summed E-state index contributed by atoms with van der Waals surface area (Å²) in [4.78, 5) is 27.7. The zero-order valence-corrected chi connectivity index (χ0v) is 13.8.